The van der Waals surface area contributed by atoms with Crippen LogP contribution >= 0.6 is 0 Å². The summed E-state index contributed by atoms with van der Waals surface area (Å²) in [5.41, 5.74) is 3.04. The smallest absolute Gasteiger partial charge is 0.0858 e. The molecule has 0 bridgehead atoms. The molecule has 0 atom stereocenters. The molecule has 0 unspecified atom stereocenters. The lowest BCUT2D eigenvalue weighted by molar-refractivity contribution is 0.749. The van der Waals surface area contributed by atoms with Gasteiger partial charge in [-0.1, -0.05) is 19.6 Å². The highest BCUT2D eigenvalue weighted by Gasteiger charge is 2.04. The van der Waals surface area contributed by atoms with Crippen molar-refractivity contribution in [1.82, 2.24) is 15.0 Å². The molecule has 1 heterocycles. The second-order valence-corrected chi connectivity index (χ2v) is 2.92. The third kappa shape index (κ3) is 2.05. The quantitative estimate of drug-likeness (QED) is 0.663. The average molecular weight is 177 g/mol. The molecule has 3 heteroatoms. The van der Waals surface area contributed by atoms with Gasteiger partial charge in [-0.3, -0.25) is 0 Å². The molecule has 13 heavy (non-hydrogen) atoms. The first kappa shape index (κ1) is 9.71. The largest absolute Gasteiger partial charge is 0.156 e. The molecule has 1 rings (SSSR count). The minimum absolute atomic E-state index is 0.924. The van der Waals surface area contributed by atoms with Crippen molar-refractivity contribution in [3.8, 4) is 0 Å². The Morgan fingerprint density at radius 2 is 2.23 bits per heavy atom. The van der Waals surface area contributed by atoms with E-state index in [-0.39, 0.29) is 0 Å². The molecule has 0 aliphatic rings. The normalized spacial score (nSPS) is 11.8. The Kier molecular flexibility index (Phi) is 3.01. The monoisotopic (exact) mass is 177 g/mol. The van der Waals surface area contributed by atoms with Gasteiger partial charge in [0.1, 0.15) is 0 Å². The third-order valence-electron chi connectivity index (χ3n) is 1.89. The lowest BCUT2D eigenvalue weighted by atomic mass is 10.3. The predicted octanol–water partition coefficient (Wildman–Crippen LogP) is 2.20. The van der Waals surface area contributed by atoms with Gasteiger partial charge >= 0.3 is 0 Å². The zero-order chi connectivity index (χ0) is 9.84. The molecule has 0 aliphatic heterocycles. The molecule has 1 aromatic heterocycles. The van der Waals surface area contributed by atoms with Crippen LogP contribution < -0.4 is 0 Å². The van der Waals surface area contributed by atoms with Crippen molar-refractivity contribution < 1.29 is 0 Å². The Bertz CT molecular complexity index is 334. The van der Waals surface area contributed by atoms with E-state index in [9.17, 15) is 0 Å². The van der Waals surface area contributed by atoms with E-state index in [4.69, 9.17) is 0 Å². The fourth-order valence-electron chi connectivity index (χ4n) is 1.13. The minimum Gasteiger partial charge on any atom is -0.156 e. The Balaban J connectivity index is 3.03. The van der Waals surface area contributed by atoms with Crippen molar-refractivity contribution in [2.24, 2.45) is 0 Å². The van der Waals surface area contributed by atoms with E-state index in [1.807, 2.05) is 19.9 Å². The van der Waals surface area contributed by atoms with Crippen LogP contribution in [0.15, 0.2) is 18.7 Å². The summed E-state index contributed by atoms with van der Waals surface area (Å²) in [7, 11) is 0. The Hall–Kier alpha value is -1.38. The van der Waals surface area contributed by atoms with Crippen molar-refractivity contribution in [3.63, 3.8) is 0 Å². The van der Waals surface area contributed by atoms with Gasteiger partial charge in [0.2, 0.25) is 0 Å². The number of aromatic nitrogens is 3. The van der Waals surface area contributed by atoms with Gasteiger partial charge in [-0.25, -0.2) is 0 Å². The maximum atomic E-state index is 4.34. The lowest BCUT2D eigenvalue weighted by Gasteiger charge is -1.95. The van der Waals surface area contributed by atoms with Crippen LogP contribution in [0.4, 0.5) is 0 Å². The number of allylic oxidation sites excluding steroid dienone is 3. The van der Waals surface area contributed by atoms with Crippen LogP contribution in [0.1, 0.15) is 25.2 Å². The van der Waals surface area contributed by atoms with Gasteiger partial charge in [-0.05, 0) is 26.3 Å². The van der Waals surface area contributed by atoms with Gasteiger partial charge in [0.05, 0.1) is 17.1 Å². The van der Waals surface area contributed by atoms with Crippen molar-refractivity contribution in [2.45, 2.75) is 27.2 Å². The molecule has 0 N–H and O–H groups in total. The third-order valence-corrected chi connectivity index (χ3v) is 1.89. The summed E-state index contributed by atoms with van der Waals surface area (Å²) in [4.78, 5) is 1.65. The fourth-order valence-corrected chi connectivity index (χ4v) is 1.13. The van der Waals surface area contributed by atoms with Crippen LogP contribution in [0.3, 0.4) is 0 Å². The summed E-state index contributed by atoms with van der Waals surface area (Å²) in [6.07, 6.45) is 4.55. The predicted molar refractivity (Wildman–Crippen MR) is 54.3 cm³/mol. The minimum atomic E-state index is 0.924. The highest BCUT2D eigenvalue weighted by molar-refractivity contribution is 5.42. The number of rotatable bonds is 3. The van der Waals surface area contributed by atoms with Crippen LogP contribution in [0.25, 0.3) is 5.70 Å². The van der Waals surface area contributed by atoms with Crippen LogP contribution in [-0.4, -0.2) is 15.0 Å². The van der Waals surface area contributed by atoms with Crippen molar-refractivity contribution in [3.05, 3.63) is 30.1 Å². The van der Waals surface area contributed by atoms with E-state index in [0.29, 0.717) is 0 Å². The van der Waals surface area contributed by atoms with E-state index >= 15 is 0 Å². The molecule has 0 aromatic carbocycles. The van der Waals surface area contributed by atoms with E-state index in [1.54, 1.807) is 10.9 Å². The second-order valence-electron chi connectivity index (χ2n) is 2.92. The van der Waals surface area contributed by atoms with E-state index in [0.717, 1.165) is 23.5 Å². The van der Waals surface area contributed by atoms with Crippen molar-refractivity contribution in [2.75, 3.05) is 0 Å². The van der Waals surface area contributed by atoms with Crippen LogP contribution in [0.5, 0.6) is 0 Å². The first-order valence-electron chi connectivity index (χ1n) is 4.41. The second kappa shape index (κ2) is 4.03. The van der Waals surface area contributed by atoms with Gasteiger partial charge < -0.3 is 0 Å². The number of aryl methyl sites for hydroxylation is 2. The first-order chi connectivity index (χ1) is 6.19. The van der Waals surface area contributed by atoms with E-state index < -0.39 is 0 Å². The van der Waals surface area contributed by atoms with Crippen LogP contribution in [0, 0.1) is 6.92 Å². The van der Waals surface area contributed by atoms with Gasteiger partial charge in [0.25, 0.3) is 0 Å². The molecule has 0 saturated carbocycles. The Morgan fingerprint density at radius 3 is 2.69 bits per heavy atom. The number of hydrogen-bond donors (Lipinski definition) is 0. The molecule has 0 spiro atoms. The fraction of sp³-hybridized carbons (Fsp3) is 0.400. The topological polar surface area (TPSA) is 30.7 Å². The molecule has 0 amide bonds. The zero-order valence-corrected chi connectivity index (χ0v) is 8.41. The molecular weight excluding hydrogens is 162 g/mol. The Labute approximate surface area is 78.8 Å². The van der Waals surface area contributed by atoms with E-state index in [2.05, 4.69) is 23.7 Å². The highest BCUT2D eigenvalue weighted by atomic mass is 15.5. The summed E-state index contributed by atoms with van der Waals surface area (Å²) in [6.45, 7) is 9.64. The highest BCUT2D eigenvalue weighted by Crippen LogP contribution is 2.06. The van der Waals surface area contributed by atoms with E-state index in [1.165, 1.54) is 0 Å². The Morgan fingerprint density at radius 1 is 1.54 bits per heavy atom. The van der Waals surface area contributed by atoms with Crippen LogP contribution in [-0.2, 0) is 6.42 Å². The summed E-state index contributed by atoms with van der Waals surface area (Å²) in [5, 5.41) is 8.63. The van der Waals surface area contributed by atoms with Crippen molar-refractivity contribution in [1.29, 1.82) is 0 Å². The first-order valence-corrected chi connectivity index (χ1v) is 4.41. The summed E-state index contributed by atoms with van der Waals surface area (Å²) >= 11 is 0. The molecular formula is C10H15N3. The number of nitrogens with zero attached hydrogens (tertiary/aromatic N) is 3. The summed E-state index contributed by atoms with van der Waals surface area (Å²) < 4.78 is 0. The summed E-state index contributed by atoms with van der Waals surface area (Å²) in [5.74, 6) is 0. The molecule has 0 saturated heterocycles. The molecule has 3 nitrogen and oxygen atoms in total. The van der Waals surface area contributed by atoms with Gasteiger partial charge in [-0.15, -0.1) is 0 Å². The maximum absolute atomic E-state index is 4.34. The number of hydrogen-bond acceptors (Lipinski definition) is 2. The molecule has 70 valence electrons. The lowest BCUT2D eigenvalue weighted by Crippen LogP contribution is -1.98. The summed E-state index contributed by atoms with van der Waals surface area (Å²) in [6, 6.07) is 0. The molecule has 1 aromatic rings. The standard InChI is InChI=1S/C10H15N3/c1-5-7-8(3)13-11-9(4)10(6-2)12-13/h5,7H,1,6H2,2-4H3/b8-7+. The zero-order valence-electron chi connectivity index (χ0n) is 8.41. The van der Waals surface area contributed by atoms with Gasteiger partial charge in [0, 0.05) is 0 Å². The average Bonchev–Trinajstić information content (AvgIpc) is 2.47. The molecule has 0 radical (unpaired) electrons. The molecule has 0 fully saturated rings. The van der Waals surface area contributed by atoms with Gasteiger partial charge in [0.15, 0.2) is 0 Å². The van der Waals surface area contributed by atoms with Gasteiger partial charge in [-0.2, -0.15) is 15.0 Å². The molecule has 0 aliphatic carbocycles. The maximum Gasteiger partial charge on any atom is 0.0858 e. The van der Waals surface area contributed by atoms with Crippen LogP contribution in [0.2, 0.25) is 0 Å². The SMILES string of the molecule is C=C/C=C(\C)n1nc(C)c(CC)n1. The van der Waals surface area contributed by atoms with Crippen molar-refractivity contribution >= 4 is 5.70 Å².